The molecule has 0 atom stereocenters. The molecule has 0 amide bonds. The van der Waals surface area contributed by atoms with Crippen LogP contribution in [0.3, 0.4) is 0 Å². The molecule has 7 heteroatoms. The van der Waals surface area contributed by atoms with E-state index in [-0.39, 0.29) is 5.03 Å². The van der Waals surface area contributed by atoms with Gasteiger partial charge in [-0.05, 0) is 32.7 Å². The van der Waals surface area contributed by atoms with Gasteiger partial charge in [-0.25, -0.2) is 13.4 Å². The topological polar surface area (TPSA) is 78.1 Å². The molecule has 1 saturated heterocycles. The highest BCUT2D eigenvalue weighted by Gasteiger charge is 2.30. The fourth-order valence-corrected chi connectivity index (χ4v) is 3.75. The molecule has 2 N–H and O–H groups in total. The van der Waals surface area contributed by atoms with Crippen molar-refractivity contribution in [3.63, 3.8) is 0 Å². The highest BCUT2D eigenvalue weighted by molar-refractivity contribution is 7.89. The molecule has 0 unspecified atom stereocenters. The van der Waals surface area contributed by atoms with Crippen LogP contribution < -0.4 is 5.32 Å². The smallest absolute Gasteiger partial charge is 0.260 e. The predicted octanol–water partition coefficient (Wildman–Crippen LogP) is 0.871. The molecule has 0 aliphatic carbocycles. The molecule has 1 fully saturated rings. The van der Waals surface area contributed by atoms with Crippen LogP contribution in [0.2, 0.25) is 0 Å². The van der Waals surface area contributed by atoms with Crippen LogP contribution in [0.5, 0.6) is 0 Å². The monoisotopic (exact) mass is 286 g/mol. The maximum atomic E-state index is 12.4. The molecule has 0 radical (unpaired) electrons. The maximum Gasteiger partial charge on any atom is 0.260 e. The molecule has 108 valence electrons. The first-order valence-corrected chi connectivity index (χ1v) is 8.23. The van der Waals surface area contributed by atoms with E-state index in [2.05, 4.69) is 22.2 Å². The van der Waals surface area contributed by atoms with Crippen molar-refractivity contribution in [1.29, 1.82) is 0 Å². The molecule has 1 aromatic heterocycles. The molecule has 19 heavy (non-hydrogen) atoms. The van der Waals surface area contributed by atoms with Crippen molar-refractivity contribution < 1.29 is 8.42 Å². The van der Waals surface area contributed by atoms with E-state index in [1.807, 2.05) is 0 Å². The van der Waals surface area contributed by atoms with E-state index in [4.69, 9.17) is 0 Å². The fraction of sp³-hybridized carbons (Fsp3) is 0.750. The minimum absolute atomic E-state index is 0.199. The Bertz CT molecular complexity index is 504. The minimum atomic E-state index is -3.40. The van der Waals surface area contributed by atoms with Crippen LogP contribution in [-0.4, -0.2) is 48.4 Å². The van der Waals surface area contributed by atoms with Gasteiger partial charge in [0.2, 0.25) is 0 Å². The molecule has 1 aromatic rings. The van der Waals surface area contributed by atoms with Gasteiger partial charge in [-0.2, -0.15) is 4.31 Å². The van der Waals surface area contributed by atoms with E-state index in [9.17, 15) is 8.42 Å². The maximum absolute atomic E-state index is 12.4. The van der Waals surface area contributed by atoms with Crippen LogP contribution in [0, 0.1) is 6.92 Å². The van der Waals surface area contributed by atoms with Crippen LogP contribution in [0.15, 0.2) is 11.2 Å². The van der Waals surface area contributed by atoms with Crippen molar-refractivity contribution in [3.8, 4) is 0 Å². The van der Waals surface area contributed by atoms with Crippen LogP contribution in [0.1, 0.15) is 32.0 Å². The van der Waals surface area contributed by atoms with Crippen LogP contribution >= 0.6 is 0 Å². The Kier molecular flexibility index (Phi) is 4.59. The minimum Gasteiger partial charge on any atom is -0.332 e. The lowest BCUT2D eigenvalue weighted by atomic mass is 10.1. The number of nitrogens with zero attached hydrogens (tertiary/aromatic N) is 2. The Morgan fingerprint density at radius 3 is 2.68 bits per heavy atom. The highest BCUT2D eigenvalue weighted by atomic mass is 32.2. The summed E-state index contributed by atoms with van der Waals surface area (Å²) in [6, 6.07) is 0.440. The largest absolute Gasteiger partial charge is 0.332 e. The van der Waals surface area contributed by atoms with Gasteiger partial charge < -0.3 is 10.3 Å². The quantitative estimate of drug-likeness (QED) is 0.842. The fourth-order valence-electron chi connectivity index (χ4n) is 2.32. The Hall–Kier alpha value is -0.920. The lowest BCUT2D eigenvalue weighted by Gasteiger charge is -2.31. The summed E-state index contributed by atoms with van der Waals surface area (Å²) in [5.41, 5.74) is 0. The standard InChI is InChI=1S/C12H22N4O2S/c1-3-6-13-11-4-7-16(8-5-11)19(17,18)12-9-14-10(2)15-12/h9,11,13H,3-8H2,1-2H3,(H,14,15). The first-order valence-electron chi connectivity index (χ1n) is 6.79. The van der Waals surface area contributed by atoms with Crippen molar-refractivity contribution in [2.75, 3.05) is 19.6 Å². The average molecular weight is 286 g/mol. The molecule has 2 heterocycles. The summed E-state index contributed by atoms with van der Waals surface area (Å²) < 4.78 is 26.3. The number of aryl methyl sites for hydroxylation is 1. The van der Waals surface area contributed by atoms with E-state index in [0.29, 0.717) is 25.0 Å². The van der Waals surface area contributed by atoms with E-state index >= 15 is 0 Å². The lowest BCUT2D eigenvalue weighted by Crippen LogP contribution is -2.45. The number of nitrogens with one attached hydrogen (secondary N) is 2. The summed E-state index contributed by atoms with van der Waals surface area (Å²) in [5.74, 6) is 0.623. The Morgan fingerprint density at radius 2 is 2.16 bits per heavy atom. The molecule has 0 aromatic carbocycles. The lowest BCUT2D eigenvalue weighted by molar-refractivity contribution is 0.289. The zero-order valence-corrected chi connectivity index (χ0v) is 12.3. The van der Waals surface area contributed by atoms with Gasteiger partial charge >= 0.3 is 0 Å². The van der Waals surface area contributed by atoms with Gasteiger partial charge in [0.05, 0.1) is 6.20 Å². The summed E-state index contributed by atoms with van der Waals surface area (Å²) in [4.78, 5) is 6.76. The molecular formula is C12H22N4O2S. The van der Waals surface area contributed by atoms with Gasteiger partial charge in [-0.3, -0.25) is 0 Å². The Labute approximate surface area is 114 Å². The van der Waals surface area contributed by atoms with Crippen molar-refractivity contribution in [2.24, 2.45) is 0 Å². The second-order valence-electron chi connectivity index (χ2n) is 4.97. The number of H-pyrrole nitrogens is 1. The number of hydrogen-bond donors (Lipinski definition) is 2. The van der Waals surface area contributed by atoms with Crippen molar-refractivity contribution in [3.05, 3.63) is 12.0 Å². The van der Waals surface area contributed by atoms with Crippen LogP contribution in [0.4, 0.5) is 0 Å². The highest BCUT2D eigenvalue weighted by Crippen LogP contribution is 2.19. The summed E-state index contributed by atoms with van der Waals surface area (Å²) in [6.45, 7) is 6.02. The third-order valence-electron chi connectivity index (χ3n) is 3.43. The van der Waals surface area contributed by atoms with Gasteiger partial charge in [0.25, 0.3) is 10.0 Å². The molecule has 0 bridgehead atoms. The molecule has 1 aliphatic rings. The Morgan fingerprint density at radius 1 is 1.47 bits per heavy atom. The normalized spacial score (nSPS) is 18.8. The first-order chi connectivity index (χ1) is 9.04. The number of sulfonamides is 1. The molecule has 1 aliphatic heterocycles. The van der Waals surface area contributed by atoms with Crippen molar-refractivity contribution in [1.82, 2.24) is 19.6 Å². The second kappa shape index (κ2) is 6.02. The van der Waals surface area contributed by atoms with Crippen LogP contribution in [0.25, 0.3) is 0 Å². The SMILES string of the molecule is CCCNC1CCN(S(=O)(=O)c2cnc(C)[nH]2)CC1. The van der Waals surface area contributed by atoms with Crippen molar-refractivity contribution >= 4 is 10.0 Å². The second-order valence-corrected chi connectivity index (χ2v) is 6.87. The van der Waals surface area contributed by atoms with Gasteiger partial charge in [0, 0.05) is 19.1 Å². The molecule has 2 rings (SSSR count). The summed E-state index contributed by atoms with van der Waals surface area (Å²) >= 11 is 0. The van der Waals surface area contributed by atoms with Gasteiger partial charge in [-0.1, -0.05) is 6.92 Å². The van der Waals surface area contributed by atoms with Gasteiger partial charge in [-0.15, -0.1) is 0 Å². The van der Waals surface area contributed by atoms with E-state index in [1.165, 1.54) is 6.20 Å². The van der Waals surface area contributed by atoms with Crippen LogP contribution in [-0.2, 0) is 10.0 Å². The zero-order valence-electron chi connectivity index (χ0n) is 11.5. The number of imidazole rings is 1. The van der Waals surface area contributed by atoms with Crippen molar-refractivity contribution in [2.45, 2.75) is 44.2 Å². The zero-order chi connectivity index (χ0) is 13.9. The average Bonchev–Trinajstić information content (AvgIpc) is 2.84. The Balaban J connectivity index is 1.97. The molecule has 0 saturated carbocycles. The summed E-state index contributed by atoms with van der Waals surface area (Å²) in [6.07, 6.45) is 4.23. The molecule has 0 spiro atoms. The molecular weight excluding hydrogens is 264 g/mol. The van der Waals surface area contributed by atoms with Gasteiger partial charge in [0.15, 0.2) is 5.03 Å². The van der Waals surface area contributed by atoms with E-state index in [0.717, 1.165) is 25.8 Å². The third kappa shape index (κ3) is 3.34. The number of piperidine rings is 1. The molecule has 6 nitrogen and oxygen atoms in total. The number of rotatable bonds is 5. The van der Waals surface area contributed by atoms with E-state index in [1.54, 1.807) is 11.2 Å². The summed E-state index contributed by atoms with van der Waals surface area (Å²) in [5, 5.41) is 3.64. The predicted molar refractivity (Wildman–Crippen MR) is 73.4 cm³/mol. The number of hydrogen-bond acceptors (Lipinski definition) is 4. The number of aromatic amines is 1. The third-order valence-corrected chi connectivity index (χ3v) is 5.24. The first kappa shape index (κ1) is 14.5. The summed E-state index contributed by atoms with van der Waals surface area (Å²) in [7, 11) is -3.40. The number of aromatic nitrogens is 2. The van der Waals surface area contributed by atoms with Gasteiger partial charge in [0.1, 0.15) is 5.82 Å². The van der Waals surface area contributed by atoms with E-state index < -0.39 is 10.0 Å².